The molecule has 1 heterocycles. The third-order valence-electron chi connectivity index (χ3n) is 2.47. The standard InChI is InChI=1S/C11H11FN2O4/c1-16-7-3-5(6-4-14-18-11(6)13)9(15)8(12)10(7)17-2/h3-4,15H,13H2,1-2H3. The molecule has 0 saturated heterocycles. The largest absolute Gasteiger partial charge is 0.504 e. The van der Waals surface area contributed by atoms with Gasteiger partial charge in [0, 0.05) is 5.56 Å². The third kappa shape index (κ3) is 1.69. The van der Waals surface area contributed by atoms with E-state index in [1.807, 2.05) is 0 Å². The molecule has 1 aromatic heterocycles. The Morgan fingerprint density at radius 2 is 2.06 bits per heavy atom. The van der Waals surface area contributed by atoms with E-state index in [-0.39, 0.29) is 28.5 Å². The Morgan fingerprint density at radius 3 is 2.56 bits per heavy atom. The number of aromatic hydroxyl groups is 1. The van der Waals surface area contributed by atoms with Crippen molar-refractivity contribution in [3.63, 3.8) is 0 Å². The van der Waals surface area contributed by atoms with Crippen LogP contribution in [0.1, 0.15) is 0 Å². The summed E-state index contributed by atoms with van der Waals surface area (Å²) in [4.78, 5) is 0. The molecule has 96 valence electrons. The highest BCUT2D eigenvalue weighted by atomic mass is 19.1. The van der Waals surface area contributed by atoms with Crippen molar-refractivity contribution in [1.82, 2.24) is 5.16 Å². The monoisotopic (exact) mass is 254 g/mol. The van der Waals surface area contributed by atoms with Crippen molar-refractivity contribution in [2.24, 2.45) is 0 Å². The number of nitrogen functional groups attached to an aromatic ring is 1. The molecule has 0 fully saturated rings. The van der Waals surface area contributed by atoms with Crippen LogP contribution >= 0.6 is 0 Å². The number of nitrogens with two attached hydrogens (primary N) is 1. The Morgan fingerprint density at radius 1 is 1.33 bits per heavy atom. The van der Waals surface area contributed by atoms with Crippen LogP contribution < -0.4 is 15.2 Å². The Balaban J connectivity index is 2.70. The molecule has 0 radical (unpaired) electrons. The smallest absolute Gasteiger partial charge is 0.230 e. The van der Waals surface area contributed by atoms with Crippen molar-refractivity contribution in [2.45, 2.75) is 0 Å². The first-order valence-corrected chi connectivity index (χ1v) is 4.94. The molecule has 2 rings (SSSR count). The average Bonchev–Trinajstić information content (AvgIpc) is 2.78. The molecular weight excluding hydrogens is 243 g/mol. The van der Waals surface area contributed by atoms with Gasteiger partial charge in [-0.05, 0) is 6.07 Å². The van der Waals surface area contributed by atoms with Crippen molar-refractivity contribution in [3.05, 3.63) is 18.1 Å². The van der Waals surface area contributed by atoms with Crippen molar-refractivity contribution >= 4 is 5.88 Å². The summed E-state index contributed by atoms with van der Waals surface area (Å²) in [5.41, 5.74) is 5.90. The fourth-order valence-electron chi connectivity index (χ4n) is 1.60. The maximum Gasteiger partial charge on any atom is 0.230 e. The average molecular weight is 254 g/mol. The van der Waals surface area contributed by atoms with E-state index in [0.717, 1.165) is 0 Å². The van der Waals surface area contributed by atoms with E-state index in [1.54, 1.807) is 0 Å². The number of methoxy groups -OCH3 is 2. The van der Waals surface area contributed by atoms with Crippen LogP contribution in [-0.4, -0.2) is 24.5 Å². The molecule has 0 aliphatic carbocycles. The van der Waals surface area contributed by atoms with Gasteiger partial charge >= 0.3 is 0 Å². The highest BCUT2D eigenvalue weighted by molar-refractivity contribution is 5.79. The number of phenols is 1. The van der Waals surface area contributed by atoms with Gasteiger partial charge < -0.3 is 24.8 Å². The molecule has 0 bridgehead atoms. The van der Waals surface area contributed by atoms with Gasteiger partial charge in [0.25, 0.3) is 0 Å². The fourth-order valence-corrected chi connectivity index (χ4v) is 1.60. The predicted molar refractivity (Wildman–Crippen MR) is 61.1 cm³/mol. The molecule has 0 unspecified atom stereocenters. The number of halogens is 1. The Kier molecular flexibility index (Phi) is 2.97. The Bertz CT molecular complexity index is 583. The lowest BCUT2D eigenvalue weighted by atomic mass is 10.1. The second-order valence-corrected chi connectivity index (χ2v) is 3.43. The number of rotatable bonds is 3. The third-order valence-corrected chi connectivity index (χ3v) is 2.47. The quantitative estimate of drug-likeness (QED) is 0.867. The van der Waals surface area contributed by atoms with Crippen LogP contribution in [0.3, 0.4) is 0 Å². The topological polar surface area (TPSA) is 90.7 Å². The first-order valence-electron chi connectivity index (χ1n) is 4.94. The van der Waals surface area contributed by atoms with Gasteiger partial charge in [-0.2, -0.15) is 4.39 Å². The second kappa shape index (κ2) is 4.44. The highest BCUT2D eigenvalue weighted by Crippen LogP contribution is 2.43. The summed E-state index contributed by atoms with van der Waals surface area (Å²) >= 11 is 0. The van der Waals surface area contributed by atoms with Crippen molar-refractivity contribution in [1.29, 1.82) is 0 Å². The number of ether oxygens (including phenoxy) is 2. The van der Waals surface area contributed by atoms with Crippen LogP contribution in [0.15, 0.2) is 16.8 Å². The lowest BCUT2D eigenvalue weighted by Gasteiger charge is -2.12. The minimum atomic E-state index is -0.938. The molecular formula is C11H11FN2O4. The van der Waals surface area contributed by atoms with Crippen LogP contribution in [-0.2, 0) is 0 Å². The van der Waals surface area contributed by atoms with Crippen LogP contribution in [0.2, 0.25) is 0 Å². The van der Waals surface area contributed by atoms with Gasteiger partial charge in [-0.25, -0.2) is 0 Å². The van der Waals surface area contributed by atoms with E-state index in [0.29, 0.717) is 0 Å². The lowest BCUT2D eigenvalue weighted by molar-refractivity contribution is 0.327. The number of hydrogen-bond donors (Lipinski definition) is 2. The van der Waals surface area contributed by atoms with E-state index in [1.165, 1.54) is 26.5 Å². The highest BCUT2D eigenvalue weighted by Gasteiger charge is 2.22. The summed E-state index contributed by atoms with van der Waals surface area (Å²) in [6.45, 7) is 0. The van der Waals surface area contributed by atoms with E-state index >= 15 is 0 Å². The van der Waals surface area contributed by atoms with Gasteiger partial charge in [0.2, 0.25) is 17.5 Å². The predicted octanol–water partition coefficient (Wildman–Crippen LogP) is 1.79. The van der Waals surface area contributed by atoms with Gasteiger partial charge in [-0.1, -0.05) is 5.16 Å². The number of nitrogens with zero attached hydrogens (tertiary/aromatic N) is 1. The summed E-state index contributed by atoms with van der Waals surface area (Å²) in [5.74, 6) is -1.64. The lowest BCUT2D eigenvalue weighted by Crippen LogP contribution is -1.96. The van der Waals surface area contributed by atoms with Crippen LogP contribution in [0.5, 0.6) is 17.2 Å². The van der Waals surface area contributed by atoms with Crippen molar-refractivity contribution in [2.75, 3.05) is 20.0 Å². The molecule has 0 amide bonds. The maximum atomic E-state index is 13.9. The van der Waals surface area contributed by atoms with Gasteiger partial charge in [-0.15, -0.1) is 0 Å². The Labute approximate surface area is 102 Å². The van der Waals surface area contributed by atoms with Gasteiger partial charge in [0.05, 0.1) is 26.0 Å². The van der Waals surface area contributed by atoms with E-state index in [4.69, 9.17) is 15.2 Å². The van der Waals surface area contributed by atoms with E-state index < -0.39 is 11.6 Å². The summed E-state index contributed by atoms with van der Waals surface area (Å²) < 4.78 is 28.4. The number of hydrogen-bond acceptors (Lipinski definition) is 6. The number of phenolic OH excluding ortho intramolecular Hbond substituents is 1. The van der Waals surface area contributed by atoms with Gasteiger partial charge in [0.15, 0.2) is 11.5 Å². The molecule has 3 N–H and O–H groups in total. The minimum absolute atomic E-state index is 0.0306. The molecule has 7 heteroatoms. The molecule has 18 heavy (non-hydrogen) atoms. The number of anilines is 1. The van der Waals surface area contributed by atoms with Gasteiger partial charge in [0.1, 0.15) is 0 Å². The summed E-state index contributed by atoms with van der Waals surface area (Å²) in [6.07, 6.45) is 1.27. The minimum Gasteiger partial charge on any atom is -0.504 e. The molecule has 1 aromatic carbocycles. The van der Waals surface area contributed by atoms with Gasteiger partial charge in [-0.3, -0.25) is 0 Å². The normalized spacial score (nSPS) is 10.4. The van der Waals surface area contributed by atoms with E-state index in [9.17, 15) is 9.50 Å². The molecule has 0 aliphatic heterocycles. The zero-order valence-electron chi connectivity index (χ0n) is 9.73. The second-order valence-electron chi connectivity index (χ2n) is 3.43. The van der Waals surface area contributed by atoms with E-state index in [2.05, 4.69) is 9.68 Å². The summed E-state index contributed by atoms with van der Waals surface area (Å²) in [7, 11) is 2.63. The summed E-state index contributed by atoms with van der Waals surface area (Å²) in [6, 6.07) is 1.39. The number of aromatic nitrogens is 1. The van der Waals surface area contributed by atoms with Crippen molar-refractivity contribution < 1.29 is 23.5 Å². The number of benzene rings is 1. The van der Waals surface area contributed by atoms with Crippen LogP contribution in [0.4, 0.5) is 10.3 Å². The summed E-state index contributed by atoms with van der Waals surface area (Å²) in [5, 5.41) is 13.3. The molecule has 0 atom stereocenters. The fraction of sp³-hybridized carbons (Fsp3) is 0.182. The molecule has 6 nitrogen and oxygen atoms in total. The molecule has 2 aromatic rings. The zero-order valence-corrected chi connectivity index (χ0v) is 9.73. The molecule has 0 aliphatic rings. The maximum absolute atomic E-state index is 13.9. The first kappa shape index (κ1) is 12.0. The van der Waals surface area contributed by atoms with Crippen LogP contribution in [0.25, 0.3) is 11.1 Å². The van der Waals surface area contributed by atoms with Crippen molar-refractivity contribution in [3.8, 4) is 28.4 Å². The van der Waals surface area contributed by atoms with Crippen LogP contribution in [0, 0.1) is 5.82 Å². The Hall–Kier alpha value is -2.44. The first-order chi connectivity index (χ1) is 8.60. The molecule has 0 spiro atoms. The SMILES string of the molecule is COc1cc(-c2cnoc2N)c(O)c(F)c1OC. The zero-order chi connectivity index (χ0) is 13.3. The molecule has 0 saturated carbocycles.